The number of aryl methyl sites for hydroxylation is 3. The molecular weight excluding hydrogens is 280 g/mol. The third-order valence-electron chi connectivity index (χ3n) is 3.38. The fourth-order valence-corrected chi connectivity index (χ4v) is 3.16. The average Bonchev–Trinajstić information content (AvgIpc) is 2.76. The Kier molecular flexibility index (Phi) is 5.51. The van der Waals surface area contributed by atoms with E-state index in [1.54, 1.807) is 11.3 Å². The summed E-state index contributed by atoms with van der Waals surface area (Å²) in [5, 5.41) is 3.96. The maximum Gasteiger partial charge on any atom is 0.229 e. The third-order valence-corrected chi connectivity index (χ3v) is 4.45. The summed E-state index contributed by atoms with van der Waals surface area (Å²) in [5.41, 5.74) is 3.14. The van der Waals surface area contributed by atoms with Crippen molar-refractivity contribution in [3.05, 3.63) is 45.4 Å². The standard InChI is InChI=1S/C17H22N2OS/c1-4-5-6-14-7-9-15(10-8-14)19-17(20)11-16-12(2)18-13(3)21-16/h7-10H,4-6,11H2,1-3H3,(H,19,20). The maximum atomic E-state index is 12.1. The zero-order valence-electron chi connectivity index (χ0n) is 12.9. The number of aromatic nitrogens is 1. The van der Waals surface area contributed by atoms with Gasteiger partial charge < -0.3 is 5.32 Å². The summed E-state index contributed by atoms with van der Waals surface area (Å²) in [6, 6.07) is 8.14. The van der Waals surface area contributed by atoms with Crippen LogP contribution in [0.25, 0.3) is 0 Å². The lowest BCUT2D eigenvalue weighted by atomic mass is 10.1. The molecule has 0 aliphatic rings. The summed E-state index contributed by atoms with van der Waals surface area (Å²) < 4.78 is 0. The highest BCUT2D eigenvalue weighted by molar-refractivity contribution is 7.11. The van der Waals surface area contributed by atoms with Crippen molar-refractivity contribution in [2.75, 3.05) is 5.32 Å². The lowest BCUT2D eigenvalue weighted by Gasteiger charge is -2.06. The van der Waals surface area contributed by atoms with E-state index in [-0.39, 0.29) is 5.91 Å². The van der Waals surface area contributed by atoms with Gasteiger partial charge in [0, 0.05) is 10.6 Å². The second-order valence-corrected chi connectivity index (χ2v) is 6.55. The van der Waals surface area contributed by atoms with Crippen LogP contribution in [0, 0.1) is 13.8 Å². The number of amides is 1. The number of carbonyl (C=O) groups excluding carboxylic acids is 1. The monoisotopic (exact) mass is 302 g/mol. The van der Waals surface area contributed by atoms with Gasteiger partial charge in [0.1, 0.15) is 0 Å². The van der Waals surface area contributed by atoms with E-state index in [4.69, 9.17) is 0 Å². The fraction of sp³-hybridized carbons (Fsp3) is 0.412. The molecule has 1 aromatic heterocycles. The molecule has 0 saturated carbocycles. The molecule has 3 nitrogen and oxygen atoms in total. The summed E-state index contributed by atoms with van der Waals surface area (Å²) in [7, 11) is 0. The quantitative estimate of drug-likeness (QED) is 0.865. The van der Waals surface area contributed by atoms with Gasteiger partial charge in [-0.05, 0) is 44.4 Å². The van der Waals surface area contributed by atoms with Crippen LogP contribution < -0.4 is 5.32 Å². The molecular formula is C17H22N2OS. The van der Waals surface area contributed by atoms with E-state index in [1.165, 1.54) is 18.4 Å². The van der Waals surface area contributed by atoms with E-state index in [0.29, 0.717) is 6.42 Å². The molecule has 0 aliphatic carbocycles. The van der Waals surface area contributed by atoms with Crippen LogP contribution in [-0.4, -0.2) is 10.9 Å². The first kappa shape index (κ1) is 15.7. The molecule has 0 aliphatic heterocycles. The topological polar surface area (TPSA) is 42.0 Å². The van der Waals surface area contributed by atoms with Crippen molar-refractivity contribution in [1.82, 2.24) is 4.98 Å². The van der Waals surface area contributed by atoms with Gasteiger partial charge in [-0.1, -0.05) is 25.5 Å². The fourth-order valence-electron chi connectivity index (χ4n) is 2.22. The number of thiazole rings is 1. The summed E-state index contributed by atoms with van der Waals surface area (Å²) in [6.45, 7) is 6.11. The van der Waals surface area contributed by atoms with E-state index in [2.05, 4.69) is 29.4 Å². The van der Waals surface area contributed by atoms with Crippen molar-refractivity contribution in [1.29, 1.82) is 0 Å². The van der Waals surface area contributed by atoms with Crippen LogP contribution in [-0.2, 0) is 17.6 Å². The highest BCUT2D eigenvalue weighted by Gasteiger charge is 2.10. The number of hydrogen-bond acceptors (Lipinski definition) is 3. The minimum absolute atomic E-state index is 0.0167. The Labute approximate surface area is 130 Å². The summed E-state index contributed by atoms with van der Waals surface area (Å²) >= 11 is 1.59. The molecule has 1 heterocycles. The predicted molar refractivity (Wildman–Crippen MR) is 89.0 cm³/mol. The summed E-state index contributed by atoms with van der Waals surface area (Å²) in [5.74, 6) is 0.0167. The molecule has 4 heteroatoms. The smallest absolute Gasteiger partial charge is 0.229 e. The van der Waals surface area contributed by atoms with Crippen molar-refractivity contribution in [3.63, 3.8) is 0 Å². The van der Waals surface area contributed by atoms with Gasteiger partial charge in [-0.15, -0.1) is 11.3 Å². The Morgan fingerprint density at radius 3 is 2.52 bits per heavy atom. The largest absolute Gasteiger partial charge is 0.326 e. The lowest BCUT2D eigenvalue weighted by molar-refractivity contribution is -0.115. The molecule has 2 rings (SSSR count). The highest BCUT2D eigenvalue weighted by atomic mass is 32.1. The normalized spacial score (nSPS) is 10.6. The number of carbonyl (C=O) groups is 1. The van der Waals surface area contributed by atoms with Crippen molar-refractivity contribution in [2.24, 2.45) is 0 Å². The van der Waals surface area contributed by atoms with Crippen LogP contribution >= 0.6 is 11.3 Å². The minimum atomic E-state index is 0.0167. The Morgan fingerprint density at radius 2 is 1.95 bits per heavy atom. The van der Waals surface area contributed by atoms with Gasteiger partial charge in [0.25, 0.3) is 0 Å². The van der Waals surface area contributed by atoms with E-state index < -0.39 is 0 Å². The Bertz CT molecular complexity index is 602. The third kappa shape index (κ3) is 4.67. The van der Waals surface area contributed by atoms with Crippen LogP contribution in [0.15, 0.2) is 24.3 Å². The second-order valence-electron chi connectivity index (χ2n) is 5.27. The number of rotatable bonds is 6. The van der Waals surface area contributed by atoms with Crippen molar-refractivity contribution in [2.45, 2.75) is 46.5 Å². The van der Waals surface area contributed by atoms with Crippen molar-refractivity contribution in [3.8, 4) is 0 Å². The molecule has 0 bridgehead atoms. The number of hydrogen-bond donors (Lipinski definition) is 1. The van der Waals surface area contributed by atoms with Crippen LogP contribution in [0.2, 0.25) is 0 Å². The van der Waals surface area contributed by atoms with Gasteiger partial charge in [-0.25, -0.2) is 4.98 Å². The number of unbranched alkanes of at least 4 members (excludes halogenated alkanes) is 1. The number of benzene rings is 1. The van der Waals surface area contributed by atoms with Gasteiger partial charge in [0.2, 0.25) is 5.91 Å². The Morgan fingerprint density at radius 1 is 1.24 bits per heavy atom. The molecule has 21 heavy (non-hydrogen) atoms. The Balaban J connectivity index is 1.91. The number of nitrogens with one attached hydrogen (secondary N) is 1. The average molecular weight is 302 g/mol. The van der Waals surface area contributed by atoms with Crippen LogP contribution in [0.4, 0.5) is 5.69 Å². The highest BCUT2D eigenvalue weighted by Crippen LogP contribution is 2.18. The molecule has 1 N–H and O–H groups in total. The first-order valence-corrected chi connectivity index (χ1v) is 8.22. The SMILES string of the molecule is CCCCc1ccc(NC(=O)Cc2sc(C)nc2C)cc1. The van der Waals surface area contributed by atoms with Crippen molar-refractivity contribution >= 4 is 22.9 Å². The van der Waals surface area contributed by atoms with Crippen molar-refractivity contribution < 1.29 is 4.79 Å². The maximum absolute atomic E-state index is 12.1. The first-order chi connectivity index (χ1) is 10.1. The van der Waals surface area contributed by atoms with Gasteiger partial charge in [-0.3, -0.25) is 4.79 Å². The minimum Gasteiger partial charge on any atom is -0.326 e. The van der Waals surface area contributed by atoms with Gasteiger partial charge in [0.15, 0.2) is 0 Å². The van der Waals surface area contributed by atoms with Crippen LogP contribution in [0.3, 0.4) is 0 Å². The van der Waals surface area contributed by atoms with E-state index in [1.807, 2.05) is 26.0 Å². The van der Waals surface area contributed by atoms with Crippen LogP contribution in [0.5, 0.6) is 0 Å². The predicted octanol–water partition coefficient (Wildman–Crippen LogP) is 4.28. The number of nitrogens with zero attached hydrogens (tertiary/aromatic N) is 1. The summed E-state index contributed by atoms with van der Waals surface area (Å²) in [6.07, 6.45) is 3.90. The van der Waals surface area contributed by atoms with Gasteiger partial charge in [-0.2, -0.15) is 0 Å². The number of anilines is 1. The molecule has 0 radical (unpaired) electrons. The molecule has 0 spiro atoms. The van der Waals surface area contributed by atoms with Gasteiger partial charge in [0.05, 0.1) is 17.1 Å². The zero-order valence-corrected chi connectivity index (χ0v) is 13.7. The molecule has 0 fully saturated rings. The lowest BCUT2D eigenvalue weighted by Crippen LogP contribution is -2.14. The molecule has 1 amide bonds. The zero-order chi connectivity index (χ0) is 15.2. The van der Waals surface area contributed by atoms with E-state index >= 15 is 0 Å². The van der Waals surface area contributed by atoms with Crippen LogP contribution in [0.1, 0.15) is 40.9 Å². The summed E-state index contributed by atoms with van der Waals surface area (Å²) in [4.78, 5) is 17.5. The van der Waals surface area contributed by atoms with E-state index in [9.17, 15) is 4.79 Å². The van der Waals surface area contributed by atoms with E-state index in [0.717, 1.165) is 27.7 Å². The molecule has 2 aromatic rings. The van der Waals surface area contributed by atoms with Gasteiger partial charge >= 0.3 is 0 Å². The molecule has 0 saturated heterocycles. The first-order valence-electron chi connectivity index (χ1n) is 7.40. The second kappa shape index (κ2) is 7.36. The Hall–Kier alpha value is -1.68. The molecule has 0 unspecified atom stereocenters. The molecule has 112 valence electrons. The molecule has 0 atom stereocenters. The molecule has 1 aromatic carbocycles.